The van der Waals surface area contributed by atoms with Crippen molar-refractivity contribution in [2.24, 2.45) is 5.73 Å². The summed E-state index contributed by atoms with van der Waals surface area (Å²) in [5.74, 6) is -0.0918. The molecule has 2 saturated heterocycles. The molecule has 1 aromatic carbocycles. The van der Waals surface area contributed by atoms with Crippen molar-refractivity contribution in [3.63, 3.8) is 0 Å². The van der Waals surface area contributed by atoms with E-state index in [0.717, 1.165) is 10.9 Å². The molecule has 0 saturated carbocycles. The molecule has 1 atom stereocenters. The molecule has 0 unspecified atom stereocenters. The second-order valence-electron chi connectivity index (χ2n) is 8.61. The van der Waals surface area contributed by atoms with Gasteiger partial charge in [-0.1, -0.05) is 18.2 Å². The van der Waals surface area contributed by atoms with Crippen LogP contribution in [0.5, 0.6) is 0 Å². The molecule has 31 heavy (non-hydrogen) atoms. The number of sulfone groups is 1. The number of hydrogen-bond donors (Lipinski definition) is 1. The standard InChI is InChI=1S/C22H28N4O4S/c1-25(17-8-11-31(29,30)14-17)13-20(27)26-9-6-15(7-10-26)21-18(22(23)28)12-16-4-2-3-5-19(16)24-21/h2-5,12,15,17H,6-11,13-14H2,1H3,(H2,23,28)/t17-/m0/s1. The van der Waals surface area contributed by atoms with E-state index in [4.69, 9.17) is 10.7 Å². The molecule has 4 rings (SSSR count). The van der Waals surface area contributed by atoms with E-state index >= 15 is 0 Å². The lowest BCUT2D eigenvalue weighted by atomic mass is 9.89. The van der Waals surface area contributed by atoms with Crippen LogP contribution in [-0.4, -0.2) is 79.2 Å². The second kappa shape index (κ2) is 8.55. The van der Waals surface area contributed by atoms with Crippen molar-refractivity contribution in [1.29, 1.82) is 0 Å². The number of nitrogens with two attached hydrogens (primary N) is 1. The molecular formula is C22H28N4O4S. The monoisotopic (exact) mass is 444 g/mol. The molecule has 3 heterocycles. The lowest BCUT2D eigenvalue weighted by molar-refractivity contribution is -0.133. The number of rotatable bonds is 5. The fourth-order valence-corrected chi connectivity index (χ4v) is 6.41. The number of amides is 2. The first kappa shape index (κ1) is 21.7. The molecule has 0 bridgehead atoms. The first-order chi connectivity index (χ1) is 14.7. The molecule has 2 amide bonds. The van der Waals surface area contributed by atoms with Crippen LogP contribution >= 0.6 is 0 Å². The van der Waals surface area contributed by atoms with Crippen molar-refractivity contribution in [3.05, 3.63) is 41.6 Å². The van der Waals surface area contributed by atoms with Crippen molar-refractivity contribution in [2.45, 2.75) is 31.2 Å². The maximum atomic E-state index is 12.8. The Hall–Kier alpha value is -2.52. The van der Waals surface area contributed by atoms with Gasteiger partial charge < -0.3 is 10.6 Å². The molecule has 2 aliphatic heterocycles. The Labute approximate surface area is 182 Å². The molecule has 9 heteroatoms. The Kier molecular flexibility index (Phi) is 5.98. The second-order valence-corrected chi connectivity index (χ2v) is 10.8. The van der Waals surface area contributed by atoms with E-state index in [1.54, 1.807) is 0 Å². The number of benzene rings is 1. The van der Waals surface area contributed by atoms with Gasteiger partial charge in [-0.15, -0.1) is 0 Å². The minimum absolute atomic E-state index is 0.00634. The summed E-state index contributed by atoms with van der Waals surface area (Å²) in [4.78, 5) is 33.2. The number of carbonyl (C=O) groups is 2. The van der Waals surface area contributed by atoms with E-state index in [0.29, 0.717) is 43.6 Å². The maximum absolute atomic E-state index is 12.8. The summed E-state index contributed by atoms with van der Waals surface area (Å²) in [6.45, 7) is 1.37. The molecule has 0 aliphatic carbocycles. The zero-order valence-corrected chi connectivity index (χ0v) is 18.5. The van der Waals surface area contributed by atoms with Gasteiger partial charge in [0.05, 0.1) is 34.8 Å². The van der Waals surface area contributed by atoms with Crippen LogP contribution in [0.15, 0.2) is 30.3 Å². The van der Waals surface area contributed by atoms with Crippen LogP contribution in [0.3, 0.4) is 0 Å². The van der Waals surface area contributed by atoms with E-state index in [1.807, 2.05) is 47.2 Å². The molecule has 2 fully saturated rings. The summed E-state index contributed by atoms with van der Waals surface area (Å²) in [7, 11) is -1.16. The normalized spacial score (nSPS) is 21.6. The van der Waals surface area contributed by atoms with Crippen LogP contribution in [0, 0.1) is 0 Å². The number of pyridine rings is 1. The number of aromatic nitrogens is 1. The summed E-state index contributed by atoms with van der Waals surface area (Å²) in [6.07, 6.45) is 2.00. The third-order valence-corrected chi connectivity index (χ3v) is 8.22. The Morgan fingerprint density at radius 2 is 1.90 bits per heavy atom. The molecule has 2 aromatic rings. The van der Waals surface area contributed by atoms with Crippen molar-refractivity contribution in [1.82, 2.24) is 14.8 Å². The largest absolute Gasteiger partial charge is 0.366 e. The van der Waals surface area contributed by atoms with Crippen LogP contribution < -0.4 is 5.73 Å². The zero-order chi connectivity index (χ0) is 22.2. The number of likely N-dealkylation sites (N-methyl/N-ethyl adjacent to an activating group) is 1. The predicted molar refractivity (Wildman–Crippen MR) is 119 cm³/mol. The Bertz CT molecular complexity index is 1110. The Morgan fingerprint density at radius 3 is 2.55 bits per heavy atom. The van der Waals surface area contributed by atoms with Crippen LogP contribution in [0.25, 0.3) is 10.9 Å². The molecule has 2 N–H and O–H groups in total. The van der Waals surface area contributed by atoms with E-state index in [-0.39, 0.29) is 35.9 Å². The van der Waals surface area contributed by atoms with Gasteiger partial charge in [-0.05, 0) is 38.4 Å². The minimum Gasteiger partial charge on any atom is -0.366 e. The smallest absolute Gasteiger partial charge is 0.250 e. The van der Waals surface area contributed by atoms with Crippen molar-refractivity contribution < 1.29 is 18.0 Å². The summed E-state index contributed by atoms with van der Waals surface area (Å²) in [5, 5.41) is 0.879. The van der Waals surface area contributed by atoms with Crippen molar-refractivity contribution >= 4 is 32.6 Å². The summed E-state index contributed by atoms with van der Waals surface area (Å²) in [6, 6.07) is 9.36. The Morgan fingerprint density at radius 1 is 1.19 bits per heavy atom. The summed E-state index contributed by atoms with van der Waals surface area (Å²) >= 11 is 0. The summed E-state index contributed by atoms with van der Waals surface area (Å²) < 4.78 is 23.4. The number of nitrogens with zero attached hydrogens (tertiary/aromatic N) is 3. The average Bonchev–Trinajstić information content (AvgIpc) is 3.12. The molecule has 1 aromatic heterocycles. The first-order valence-corrected chi connectivity index (χ1v) is 12.4. The number of primary amides is 1. The average molecular weight is 445 g/mol. The van der Waals surface area contributed by atoms with E-state index < -0.39 is 15.7 Å². The van der Waals surface area contributed by atoms with Crippen molar-refractivity contribution in [3.8, 4) is 0 Å². The van der Waals surface area contributed by atoms with Gasteiger partial charge in [0.2, 0.25) is 5.91 Å². The quantitative estimate of drug-likeness (QED) is 0.740. The molecule has 0 spiro atoms. The van der Waals surface area contributed by atoms with Gasteiger partial charge in [0.15, 0.2) is 9.84 Å². The number of likely N-dealkylation sites (tertiary alicyclic amines) is 1. The third-order valence-electron chi connectivity index (χ3n) is 6.47. The maximum Gasteiger partial charge on any atom is 0.250 e. The molecule has 166 valence electrons. The zero-order valence-electron chi connectivity index (χ0n) is 17.7. The highest BCUT2D eigenvalue weighted by molar-refractivity contribution is 7.91. The predicted octanol–water partition coefficient (Wildman–Crippen LogP) is 1.16. The summed E-state index contributed by atoms with van der Waals surface area (Å²) in [5.41, 5.74) is 7.62. The van der Waals surface area contributed by atoms with Gasteiger partial charge in [0.25, 0.3) is 5.91 Å². The number of fused-ring (bicyclic) bond motifs is 1. The topological polar surface area (TPSA) is 114 Å². The van der Waals surface area contributed by atoms with Crippen LogP contribution in [-0.2, 0) is 14.6 Å². The number of piperidine rings is 1. The highest BCUT2D eigenvalue weighted by atomic mass is 32.2. The van der Waals surface area contributed by atoms with Crippen LogP contribution in [0.2, 0.25) is 0 Å². The van der Waals surface area contributed by atoms with Gasteiger partial charge in [-0.25, -0.2) is 8.42 Å². The van der Waals surface area contributed by atoms with E-state index in [9.17, 15) is 18.0 Å². The van der Waals surface area contributed by atoms with Crippen molar-refractivity contribution in [2.75, 3.05) is 38.2 Å². The minimum atomic E-state index is -2.98. The third kappa shape index (κ3) is 4.72. The van der Waals surface area contributed by atoms with Crippen LogP contribution in [0.1, 0.15) is 41.2 Å². The van der Waals surface area contributed by atoms with Gasteiger partial charge in [-0.3, -0.25) is 19.5 Å². The molecule has 0 radical (unpaired) electrons. The van der Waals surface area contributed by atoms with E-state index in [1.165, 1.54) is 0 Å². The van der Waals surface area contributed by atoms with Gasteiger partial charge in [0.1, 0.15) is 0 Å². The molecular weight excluding hydrogens is 416 g/mol. The fraction of sp³-hybridized carbons (Fsp3) is 0.500. The van der Waals surface area contributed by atoms with Gasteiger partial charge >= 0.3 is 0 Å². The van der Waals surface area contributed by atoms with Gasteiger partial charge in [-0.2, -0.15) is 0 Å². The number of hydrogen-bond acceptors (Lipinski definition) is 6. The highest BCUT2D eigenvalue weighted by Crippen LogP contribution is 2.31. The lowest BCUT2D eigenvalue weighted by Gasteiger charge is -2.34. The van der Waals surface area contributed by atoms with Crippen LogP contribution in [0.4, 0.5) is 0 Å². The number of para-hydroxylation sites is 1. The Balaban J connectivity index is 1.41. The van der Waals surface area contributed by atoms with Gasteiger partial charge in [0, 0.05) is 30.4 Å². The molecule has 8 nitrogen and oxygen atoms in total. The molecule has 2 aliphatic rings. The van der Waals surface area contributed by atoms with E-state index in [2.05, 4.69) is 0 Å². The fourth-order valence-electron chi connectivity index (χ4n) is 4.61. The SMILES string of the molecule is CN(CC(=O)N1CCC(c2nc3ccccc3cc2C(N)=O)CC1)[C@H]1CCS(=O)(=O)C1. The first-order valence-electron chi connectivity index (χ1n) is 10.6. The lowest BCUT2D eigenvalue weighted by Crippen LogP contribution is -2.45. The number of carbonyl (C=O) groups excluding carboxylic acids is 2. The highest BCUT2D eigenvalue weighted by Gasteiger charge is 2.33.